The number of carboxylic acid groups (broad SMARTS) is 1. The van der Waals surface area contributed by atoms with Crippen molar-refractivity contribution in [1.29, 1.82) is 0 Å². The monoisotopic (exact) mass is 429 g/mol. The van der Waals surface area contributed by atoms with Crippen LogP contribution in [0, 0.1) is 0 Å². The van der Waals surface area contributed by atoms with Crippen LogP contribution in [-0.2, 0) is 4.79 Å². The molecule has 5 nitrogen and oxygen atoms in total. The van der Waals surface area contributed by atoms with E-state index in [0.717, 1.165) is 19.3 Å². The van der Waals surface area contributed by atoms with Crippen LogP contribution >= 0.6 is 0 Å². The number of quaternary nitrogens is 1. The number of unbranched alkanes of at least 4 members (excludes halogenated alkanes) is 15. The number of carbonyl (C=O) groups excluding carboxylic acids is 1. The first-order valence-electron chi connectivity index (χ1n) is 12.7. The first kappa shape index (κ1) is 29.4. The van der Waals surface area contributed by atoms with Gasteiger partial charge in [-0.25, -0.2) is 0 Å². The number of hydrogen-bond acceptors (Lipinski definition) is 4. The summed E-state index contributed by atoms with van der Waals surface area (Å²) in [4.78, 5) is 11.8. The van der Waals surface area contributed by atoms with Crippen LogP contribution in [-0.4, -0.2) is 46.7 Å². The van der Waals surface area contributed by atoms with Crippen LogP contribution < -0.4 is 5.11 Å². The van der Waals surface area contributed by atoms with Crippen molar-refractivity contribution in [2.75, 3.05) is 14.1 Å². The molecule has 0 radical (unpaired) electrons. The molecule has 0 rings (SSSR count). The van der Waals surface area contributed by atoms with Gasteiger partial charge in [-0.3, -0.25) is 4.48 Å². The number of carbonyl (C=O) groups is 1. The zero-order chi connectivity index (χ0) is 22.9. The minimum absolute atomic E-state index is 0.318. The van der Waals surface area contributed by atoms with Crippen LogP contribution in [0.25, 0.3) is 0 Å². The lowest BCUT2D eigenvalue weighted by Gasteiger charge is -2.49. The summed E-state index contributed by atoms with van der Waals surface area (Å²) in [6.45, 7) is 4.05. The summed E-state index contributed by atoms with van der Waals surface area (Å²) < 4.78 is -0.384. The first-order valence-corrected chi connectivity index (χ1v) is 12.7. The molecule has 5 heteroatoms. The molecule has 0 amide bonds. The number of hydrogen-bond donors (Lipinski definition) is 2. The van der Waals surface area contributed by atoms with E-state index in [1.54, 1.807) is 21.0 Å². The fourth-order valence-corrected chi connectivity index (χ4v) is 4.54. The molecule has 0 aromatic rings. The fourth-order valence-electron chi connectivity index (χ4n) is 4.54. The maximum Gasteiger partial charge on any atom is 0.304 e. The van der Waals surface area contributed by atoms with Crippen LogP contribution in [0.1, 0.15) is 129 Å². The van der Waals surface area contributed by atoms with Crippen molar-refractivity contribution in [3.8, 4) is 0 Å². The van der Waals surface area contributed by atoms with Crippen molar-refractivity contribution < 1.29 is 24.6 Å². The van der Waals surface area contributed by atoms with E-state index in [-0.39, 0.29) is 4.48 Å². The second kappa shape index (κ2) is 17.0. The highest BCUT2D eigenvalue weighted by Crippen LogP contribution is 2.32. The number of rotatable bonds is 21. The van der Waals surface area contributed by atoms with E-state index in [2.05, 4.69) is 6.92 Å². The second-order valence-corrected chi connectivity index (χ2v) is 9.61. The normalized spacial score (nSPS) is 14.2. The summed E-state index contributed by atoms with van der Waals surface area (Å²) in [6.07, 6.45) is 19.4. The molecular formula is C25H51NO4. The molecule has 0 aliphatic rings. The molecule has 0 aromatic heterocycles. The Balaban J connectivity index is 3.78. The van der Waals surface area contributed by atoms with Crippen molar-refractivity contribution in [1.82, 2.24) is 0 Å². The topological polar surface area (TPSA) is 80.6 Å². The quantitative estimate of drug-likeness (QED) is 0.155. The zero-order valence-corrected chi connectivity index (χ0v) is 20.5. The van der Waals surface area contributed by atoms with E-state index in [1.807, 2.05) is 0 Å². The maximum atomic E-state index is 11.8. The molecule has 1 unspecified atom stereocenters. The van der Waals surface area contributed by atoms with Gasteiger partial charge in [0.25, 0.3) is 0 Å². The summed E-state index contributed by atoms with van der Waals surface area (Å²) in [5, 5.41) is 31.2. The van der Waals surface area contributed by atoms with Crippen LogP contribution in [0.4, 0.5) is 0 Å². The van der Waals surface area contributed by atoms with Crippen LogP contribution in [0.15, 0.2) is 0 Å². The van der Waals surface area contributed by atoms with Gasteiger partial charge in [0, 0.05) is 12.8 Å². The van der Waals surface area contributed by atoms with Gasteiger partial charge in [0.2, 0.25) is 0 Å². The van der Waals surface area contributed by atoms with Crippen molar-refractivity contribution in [2.45, 2.75) is 141 Å². The Hall–Kier alpha value is -0.650. The summed E-state index contributed by atoms with van der Waals surface area (Å²) in [6, 6.07) is 0. The number of nitrogens with zero attached hydrogens (tertiary/aromatic N) is 1. The molecule has 0 saturated heterocycles. The van der Waals surface area contributed by atoms with E-state index in [0.29, 0.717) is 12.8 Å². The van der Waals surface area contributed by atoms with Crippen molar-refractivity contribution >= 4 is 5.97 Å². The SMILES string of the molecule is CCCCCCCCCCCCCCCCCCC(CC)(C(=O)[O-])[N+](C)(C)C(O)O. The average molecular weight is 430 g/mol. The van der Waals surface area contributed by atoms with Gasteiger partial charge in [-0.2, -0.15) is 0 Å². The molecule has 0 aliphatic carbocycles. The van der Waals surface area contributed by atoms with Crippen molar-refractivity contribution in [3.05, 3.63) is 0 Å². The van der Waals surface area contributed by atoms with Gasteiger partial charge in [0.1, 0.15) is 11.5 Å². The van der Waals surface area contributed by atoms with Crippen LogP contribution in [0.3, 0.4) is 0 Å². The predicted molar refractivity (Wildman–Crippen MR) is 123 cm³/mol. The molecule has 0 bridgehead atoms. The molecule has 30 heavy (non-hydrogen) atoms. The Kier molecular flexibility index (Phi) is 16.6. The second-order valence-electron chi connectivity index (χ2n) is 9.61. The van der Waals surface area contributed by atoms with Crippen LogP contribution in [0.5, 0.6) is 0 Å². The standard InChI is InChI=1S/C25H51NO4/c1-5-7-8-9-10-11-12-13-14-15-16-17-18-19-20-21-22-25(6-2,23(27)28)26(3,4)24(29)30/h24,29-30H,5-22H2,1-4H3. The van der Waals surface area contributed by atoms with Gasteiger partial charge in [0.05, 0.1) is 14.1 Å². The molecule has 0 fully saturated rings. The number of likely N-dealkylation sites (N-methyl/N-ethyl adjacent to an activating group) is 1. The van der Waals surface area contributed by atoms with Gasteiger partial charge in [0.15, 0.2) is 0 Å². The smallest absolute Gasteiger partial charge is 0.304 e. The summed E-state index contributed by atoms with van der Waals surface area (Å²) in [5.74, 6) is -1.19. The maximum absolute atomic E-state index is 11.8. The van der Waals surface area contributed by atoms with Crippen molar-refractivity contribution in [3.63, 3.8) is 0 Å². The Bertz CT molecular complexity index is 425. The summed E-state index contributed by atoms with van der Waals surface area (Å²) >= 11 is 0. The molecular weight excluding hydrogens is 378 g/mol. The summed E-state index contributed by atoms with van der Waals surface area (Å²) in [7, 11) is 3.10. The third-order valence-electron chi connectivity index (χ3n) is 7.09. The Morgan fingerprint density at radius 2 is 1.07 bits per heavy atom. The van der Waals surface area contributed by atoms with Gasteiger partial charge in [-0.15, -0.1) is 0 Å². The lowest BCUT2D eigenvalue weighted by atomic mass is 9.85. The third-order valence-corrected chi connectivity index (χ3v) is 7.09. The largest absolute Gasteiger partial charge is 0.544 e. The molecule has 0 aromatic carbocycles. The van der Waals surface area contributed by atoms with E-state index in [9.17, 15) is 20.1 Å². The molecule has 0 spiro atoms. The molecule has 0 aliphatic heterocycles. The highest BCUT2D eigenvalue weighted by atomic mass is 16.5. The van der Waals surface area contributed by atoms with Gasteiger partial charge < -0.3 is 20.1 Å². The van der Waals surface area contributed by atoms with Gasteiger partial charge >= 0.3 is 6.41 Å². The number of carboxylic acids is 1. The van der Waals surface area contributed by atoms with E-state index >= 15 is 0 Å². The molecule has 1 atom stereocenters. The van der Waals surface area contributed by atoms with E-state index in [1.165, 1.54) is 83.5 Å². The Morgan fingerprint density at radius 1 is 0.733 bits per heavy atom. The lowest BCUT2D eigenvalue weighted by Crippen LogP contribution is -2.71. The molecule has 180 valence electrons. The number of aliphatic hydroxyl groups is 2. The molecule has 0 saturated carbocycles. The fraction of sp³-hybridized carbons (Fsp3) is 0.960. The number of aliphatic carboxylic acids is 1. The third kappa shape index (κ3) is 10.6. The molecule has 0 heterocycles. The average Bonchev–Trinajstić information content (AvgIpc) is 2.70. The van der Waals surface area contributed by atoms with Crippen molar-refractivity contribution in [2.24, 2.45) is 0 Å². The van der Waals surface area contributed by atoms with Gasteiger partial charge in [-0.1, -0.05) is 110 Å². The molecule has 2 N–H and O–H groups in total. The minimum atomic E-state index is -1.73. The summed E-state index contributed by atoms with van der Waals surface area (Å²) in [5.41, 5.74) is -1.26. The Morgan fingerprint density at radius 3 is 1.33 bits per heavy atom. The highest BCUT2D eigenvalue weighted by molar-refractivity contribution is 5.75. The Labute approximate surface area is 186 Å². The first-order chi connectivity index (χ1) is 14.3. The van der Waals surface area contributed by atoms with E-state index in [4.69, 9.17) is 0 Å². The zero-order valence-electron chi connectivity index (χ0n) is 20.5. The predicted octanol–water partition coefficient (Wildman–Crippen LogP) is 4.88. The van der Waals surface area contributed by atoms with Gasteiger partial charge in [-0.05, 0) is 6.42 Å². The lowest BCUT2D eigenvalue weighted by molar-refractivity contribution is -0.998. The minimum Gasteiger partial charge on any atom is -0.544 e. The highest BCUT2D eigenvalue weighted by Gasteiger charge is 2.48. The van der Waals surface area contributed by atoms with Crippen LogP contribution in [0.2, 0.25) is 0 Å². The number of aliphatic hydroxyl groups excluding tert-OH is 1. The van der Waals surface area contributed by atoms with E-state index < -0.39 is 17.9 Å².